The number of hydrogen-bond acceptors (Lipinski definition) is 1. The molecule has 0 unspecified atom stereocenters. The first-order chi connectivity index (χ1) is 9.24. The van der Waals surface area contributed by atoms with Crippen LogP contribution in [0.5, 0.6) is 0 Å². The van der Waals surface area contributed by atoms with E-state index in [1.165, 1.54) is 0 Å². The Hall–Kier alpha value is -2.55. The third-order valence-corrected chi connectivity index (χ3v) is 3.16. The van der Waals surface area contributed by atoms with Gasteiger partial charge in [0.1, 0.15) is 0 Å². The van der Waals surface area contributed by atoms with Crippen LogP contribution in [0.3, 0.4) is 0 Å². The van der Waals surface area contributed by atoms with Crippen LogP contribution in [0.15, 0.2) is 60.9 Å². The minimum atomic E-state index is -0.816. The van der Waals surface area contributed by atoms with Gasteiger partial charge in [-0.1, -0.05) is 42.5 Å². The molecule has 3 nitrogen and oxygen atoms in total. The van der Waals surface area contributed by atoms with Gasteiger partial charge in [0.05, 0.1) is 6.42 Å². The second-order valence-corrected chi connectivity index (χ2v) is 4.49. The van der Waals surface area contributed by atoms with E-state index in [0.29, 0.717) is 0 Å². The Morgan fingerprint density at radius 3 is 2.16 bits per heavy atom. The first kappa shape index (κ1) is 11.5. The van der Waals surface area contributed by atoms with Gasteiger partial charge in [0, 0.05) is 18.1 Å². The number of benzene rings is 2. The van der Waals surface area contributed by atoms with E-state index in [1.807, 2.05) is 65.5 Å². The van der Waals surface area contributed by atoms with Crippen molar-refractivity contribution in [3.8, 4) is 5.69 Å². The number of carbonyl (C=O) groups is 1. The van der Waals surface area contributed by atoms with Gasteiger partial charge in [0.2, 0.25) is 0 Å². The van der Waals surface area contributed by atoms with Gasteiger partial charge in [-0.05, 0) is 22.4 Å². The summed E-state index contributed by atoms with van der Waals surface area (Å²) in [5.74, 6) is -0.816. The van der Waals surface area contributed by atoms with Crippen LogP contribution >= 0.6 is 0 Å². The van der Waals surface area contributed by atoms with E-state index in [1.54, 1.807) is 0 Å². The number of carboxylic acids is 1. The lowest BCUT2D eigenvalue weighted by Gasteiger charge is -2.08. The van der Waals surface area contributed by atoms with Crippen molar-refractivity contribution in [1.29, 1.82) is 0 Å². The molecule has 3 heteroatoms. The van der Waals surface area contributed by atoms with E-state index in [-0.39, 0.29) is 6.42 Å². The van der Waals surface area contributed by atoms with Crippen LogP contribution in [0.2, 0.25) is 0 Å². The highest BCUT2D eigenvalue weighted by molar-refractivity contribution is 5.83. The second-order valence-electron chi connectivity index (χ2n) is 4.49. The molecule has 0 bridgehead atoms. The highest BCUT2D eigenvalue weighted by atomic mass is 16.4. The number of aromatic nitrogens is 1. The average molecular weight is 251 g/mol. The fraction of sp³-hybridized carbons (Fsp3) is 0.0625. The van der Waals surface area contributed by atoms with Crippen molar-refractivity contribution >= 4 is 16.7 Å². The maximum absolute atomic E-state index is 10.9. The molecule has 2 aromatic carbocycles. The monoisotopic (exact) mass is 251 g/mol. The van der Waals surface area contributed by atoms with Crippen molar-refractivity contribution in [1.82, 2.24) is 4.57 Å². The topological polar surface area (TPSA) is 42.2 Å². The van der Waals surface area contributed by atoms with Crippen LogP contribution in [-0.2, 0) is 11.2 Å². The summed E-state index contributed by atoms with van der Waals surface area (Å²) in [4.78, 5) is 10.9. The molecule has 94 valence electrons. The van der Waals surface area contributed by atoms with Gasteiger partial charge in [0.15, 0.2) is 0 Å². The number of nitrogens with zero attached hydrogens (tertiary/aromatic N) is 1. The quantitative estimate of drug-likeness (QED) is 0.776. The molecule has 3 rings (SSSR count). The molecule has 1 N–H and O–H groups in total. The summed E-state index contributed by atoms with van der Waals surface area (Å²) in [6.07, 6.45) is 4.08. The van der Waals surface area contributed by atoms with Gasteiger partial charge in [0.25, 0.3) is 0 Å². The summed E-state index contributed by atoms with van der Waals surface area (Å²) >= 11 is 0. The molecule has 0 saturated heterocycles. The number of carboxylic acid groups (broad SMARTS) is 1. The van der Waals surface area contributed by atoms with Crippen molar-refractivity contribution in [2.75, 3.05) is 0 Å². The van der Waals surface area contributed by atoms with Crippen molar-refractivity contribution in [2.45, 2.75) is 6.42 Å². The maximum Gasteiger partial charge on any atom is 0.307 e. The molecule has 0 aliphatic carbocycles. The summed E-state index contributed by atoms with van der Waals surface area (Å²) in [7, 11) is 0. The van der Waals surface area contributed by atoms with Crippen LogP contribution < -0.4 is 0 Å². The van der Waals surface area contributed by atoms with Crippen LogP contribution in [0.1, 0.15) is 5.56 Å². The SMILES string of the molecule is O=C(O)Cc1ccccc1-n1cc2ccccc2c1. The molecular formula is C16H13NO2. The van der Waals surface area contributed by atoms with Crippen LogP contribution in [0.25, 0.3) is 16.5 Å². The van der Waals surface area contributed by atoms with E-state index < -0.39 is 5.97 Å². The zero-order valence-electron chi connectivity index (χ0n) is 10.3. The molecule has 0 saturated carbocycles. The lowest BCUT2D eigenvalue weighted by Crippen LogP contribution is -2.04. The number of rotatable bonds is 3. The van der Waals surface area contributed by atoms with Crippen molar-refractivity contribution < 1.29 is 9.90 Å². The summed E-state index contributed by atoms with van der Waals surface area (Å²) in [5, 5.41) is 11.3. The number of fused-ring (bicyclic) bond motifs is 1. The smallest absolute Gasteiger partial charge is 0.307 e. The van der Waals surface area contributed by atoms with E-state index in [0.717, 1.165) is 22.0 Å². The molecule has 1 heterocycles. The standard InChI is InChI=1S/C16H13NO2/c18-16(19)9-12-5-3-4-8-15(12)17-10-13-6-1-2-7-14(13)11-17/h1-8,10-11H,9H2,(H,18,19). The zero-order valence-corrected chi connectivity index (χ0v) is 10.3. The molecule has 0 aliphatic rings. The van der Waals surface area contributed by atoms with Crippen molar-refractivity contribution in [3.05, 3.63) is 66.5 Å². The summed E-state index contributed by atoms with van der Waals surface area (Å²) in [6.45, 7) is 0. The Morgan fingerprint density at radius 2 is 1.53 bits per heavy atom. The van der Waals surface area contributed by atoms with Crippen LogP contribution in [0.4, 0.5) is 0 Å². The second kappa shape index (κ2) is 4.61. The first-order valence-electron chi connectivity index (χ1n) is 6.11. The molecule has 0 fully saturated rings. The zero-order chi connectivity index (χ0) is 13.2. The summed E-state index contributed by atoms with van der Waals surface area (Å²) < 4.78 is 1.99. The van der Waals surface area contributed by atoms with Crippen molar-refractivity contribution in [2.24, 2.45) is 0 Å². The van der Waals surface area contributed by atoms with Crippen LogP contribution in [0, 0.1) is 0 Å². The van der Waals surface area contributed by atoms with Crippen LogP contribution in [-0.4, -0.2) is 15.6 Å². The minimum absolute atomic E-state index is 0.0324. The summed E-state index contributed by atoms with van der Waals surface area (Å²) in [5.41, 5.74) is 1.73. The Labute approximate surface area is 110 Å². The predicted molar refractivity (Wildman–Crippen MR) is 74.6 cm³/mol. The van der Waals surface area contributed by atoms with E-state index in [9.17, 15) is 4.79 Å². The average Bonchev–Trinajstić information content (AvgIpc) is 2.82. The highest BCUT2D eigenvalue weighted by Gasteiger charge is 2.08. The fourth-order valence-electron chi connectivity index (χ4n) is 2.30. The molecule has 0 spiro atoms. The third-order valence-electron chi connectivity index (χ3n) is 3.16. The van der Waals surface area contributed by atoms with E-state index >= 15 is 0 Å². The Bertz CT molecular complexity index is 710. The Kier molecular flexibility index (Phi) is 2.80. The lowest BCUT2D eigenvalue weighted by atomic mass is 10.1. The van der Waals surface area contributed by atoms with E-state index in [2.05, 4.69) is 0 Å². The normalized spacial score (nSPS) is 10.7. The molecule has 19 heavy (non-hydrogen) atoms. The molecule has 0 radical (unpaired) electrons. The molecular weight excluding hydrogens is 238 g/mol. The molecule has 3 aromatic rings. The van der Waals surface area contributed by atoms with Gasteiger partial charge >= 0.3 is 5.97 Å². The summed E-state index contributed by atoms with van der Waals surface area (Å²) in [6, 6.07) is 15.7. The first-order valence-corrected chi connectivity index (χ1v) is 6.11. The molecule has 1 aromatic heterocycles. The van der Waals surface area contributed by atoms with Crippen molar-refractivity contribution in [3.63, 3.8) is 0 Å². The molecule has 0 amide bonds. The molecule has 0 aliphatic heterocycles. The third kappa shape index (κ3) is 2.22. The molecule has 0 atom stereocenters. The highest BCUT2D eigenvalue weighted by Crippen LogP contribution is 2.21. The Morgan fingerprint density at radius 1 is 0.947 bits per heavy atom. The van der Waals surface area contributed by atoms with E-state index in [4.69, 9.17) is 5.11 Å². The van der Waals surface area contributed by atoms with Gasteiger partial charge in [-0.25, -0.2) is 0 Å². The maximum atomic E-state index is 10.9. The number of para-hydroxylation sites is 1. The number of hydrogen-bond donors (Lipinski definition) is 1. The fourth-order valence-corrected chi connectivity index (χ4v) is 2.30. The van der Waals surface area contributed by atoms with Gasteiger partial charge in [-0.15, -0.1) is 0 Å². The van der Waals surface area contributed by atoms with Gasteiger partial charge in [-0.3, -0.25) is 4.79 Å². The predicted octanol–water partition coefficient (Wildman–Crippen LogP) is 3.26. The van der Waals surface area contributed by atoms with Gasteiger partial charge < -0.3 is 9.67 Å². The lowest BCUT2D eigenvalue weighted by molar-refractivity contribution is -0.136. The Balaban J connectivity index is 2.13. The largest absolute Gasteiger partial charge is 0.481 e. The minimum Gasteiger partial charge on any atom is -0.481 e. The number of aliphatic carboxylic acids is 1. The van der Waals surface area contributed by atoms with Gasteiger partial charge in [-0.2, -0.15) is 0 Å².